The Bertz CT molecular complexity index is 644. The van der Waals surface area contributed by atoms with Gasteiger partial charge in [-0.15, -0.1) is 0 Å². The number of amides is 1. The molecule has 6 nitrogen and oxygen atoms in total. The van der Waals surface area contributed by atoms with Crippen molar-refractivity contribution in [2.24, 2.45) is 0 Å². The second-order valence-corrected chi connectivity index (χ2v) is 4.70. The van der Waals surface area contributed by atoms with E-state index in [4.69, 9.17) is 5.73 Å². The highest BCUT2D eigenvalue weighted by Crippen LogP contribution is 2.27. The third kappa shape index (κ3) is 2.38. The van der Waals surface area contributed by atoms with Crippen LogP contribution in [0, 0.1) is 20.8 Å². The second-order valence-electron chi connectivity index (χ2n) is 4.70. The lowest BCUT2D eigenvalue weighted by atomic mass is 10.2. The summed E-state index contributed by atoms with van der Waals surface area (Å²) in [5.74, 6) is 1.14. The van der Waals surface area contributed by atoms with Crippen LogP contribution in [0.2, 0.25) is 0 Å². The molecule has 0 aliphatic heterocycles. The average molecular weight is 261 g/mol. The Balaban J connectivity index is 2.48. The number of fused-ring (bicyclic) bond motifs is 1. The van der Waals surface area contributed by atoms with Crippen molar-refractivity contribution in [1.82, 2.24) is 19.9 Å². The fourth-order valence-electron chi connectivity index (χ4n) is 2.29. The van der Waals surface area contributed by atoms with Crippen LogP contribution in [0.25, 0.3) is 11.0 Å². The largest absolute Gasteiger partial charge is 0.383 e. The highest BCUT2D eigenvalue weighted by atomic mass is 16.1. The van der Waals surface area contributed by atoms with E-state index in [9.17, 15) is 4.79 Å². The Labute approximate surface area is 112 Å². The lowest BCUT2D eigenvalue weighted by molar-refractivity contribution is -0.118. The molecule has 0 spiro atoms. The summed E-state index contributed by atoms with van der Waals surface area (Å²) in [4.78, 5) is 19.6. The molecule has 0 saturated heterocycles. The zero-order valence-electron chi connectivity index (χ0n) is 11.7. The Hall–Kier alpha value is -2.11. The summed E-state index contributed by atoms with van der Waals surface area (Å²) < 4.78 is 2.08. The minimum absolute atomic E-state index is 0.0313. The molecule has 2 aromatic heterocycles. The quantitative estimate of drug-likeness (QED) is 0.865. The van der Waals surface area contributed by atoms with Gasteiger partial charge in [0.25, 0.3) is 0 Å². The Morgan fingerprint density at radius 3 is 2.63 bits per heavy atom. The molecule has 0 unspecified atom stereocenters. The van der Waals surface area contributed by atoms with E-state index in [1.807, 2.05) is 20.8 Å². The molecular weight excluding hydrogens is 242 g/mol. The number of carbonyl (C=O) groups excluding carboxylic acids is 1. The standard InChI is InChI=1S/C13H19N5O/c1-7-8(2)18(6-5-15-10(4)19)13-11(7)12(14)16-9(3)17-13/h5-6H2,1-4H3,(H,15,19)(H2,14,16,17). The predicted octanol–water partition coefficient (Wildman–Crippen LogP) is 1.07. The van der Waals surface area contributed by atoms with Crippen molar-refractivity contribution in [2.45, 2.75) is 34.2 Å². The van der Waals surface area contributed by atoms with Crippen molar-refractivity contribution >= 4 is 22.8 Å². The van der Waals surface area contributed by atoms with Gasteiger partial charge < -0.3 is 15.6 Å². The van der Waals surface area contributed by atoms with Gasteiger partial charge in [-0.05, 0) is 26.3 Å². The molecule has 0 saturated carbocycles. The van der Waals surface area contributed by atoms with Crippen molar-refractivity contribution in [1.29, 1.82) is 0 Å². The molecule has 0 aromatic carbocycles. The van der Waals surface area contributed by atoms with Gasteiger partial charge in [-0.1, -0.05) is 0 Å². The first-order valence-electron chi connectivity index (χ1n) is 6.25. The van der Waals surface area contributed by atoms with E-state index in [0.29, 0.717) is 24.7 Å². The number of nitrogen functional groups attached to an aromatic ring is 1. The van der Waals surface area contributed by atoms with Gasteiger partial charge in [0, 0.05) is 25.7 Å². The highest BCUT2D eigenvalue weighted by molar-refractivity contribution is 5.91. The maximum Gasteiger partial charge on any atom is 0.216 e. The lowest BCUT2D eigenvalue weighted by Gasteiger charge is -2.08. The number of hydrogen-bond donors (Lipinski definition) is 2. The summed E-state index contributed by atoms with van der Waals surface area (Å²) in [5, 5.41) is 3.70. The first-order valence-corrected chi connectivity index (χ1v) is 6.25. The summed E-state index contributed by atoms with van der Waals surface area (Å²) in [6.45, 7) is 8.62. The van der Waals surface area contributed by atoms with Gasteiger partial charge in [-0.25, -0.2) is 9.97 Å². The van der Waals surface area contributed by atoms with Crippen LogP contribution in [0.5, 0.6) is 0 Å². The molecule has 0 atom stereocenters. The number of aromatic nitrogens is 3. The zero-order valence-corrected chi connectivity index (χ0v) is 11.7. The highest BCUT2D eigenvalue weighted by Gasteiger charge is 2.15. The zero-order chi connectivity index (χ0) is 14.2. The molecule has 2 aromatic rings. The van der Waals surface area contributed by atoms with Crippen LogP contribution in [0.4, 0.5) is 5.82 Å². The van der Waals surface area contributed by atoms with Gasteiger partial charge in [-0.2, -0.15) is 0 Å². The van der Waals surface area contributed by atoms with E-state index >= 15 is 0 Å². The third-order valence-corrected chi connectivity index (χ3v) is 3.32. The van der Waals surface area contributed by atoms with Gasteiger partial charge in [0.05, 0.1) is 5.39 Å². The van der Waals surface area contributed by atoms with Crippen LogP contribution < -0.4 is 11.1 Å². The van der Waals surface area contributed by atoms with Gasteiger partial charge in [0.2, 0.25) is 5.91 Å². The number of nitrogens with one attached hydrogen (secondary N) is 1. The maximum atomic E-state index is 10.9. The SMILES string of the molecule is CC(=O)NCCn1c(C)c(C)c2c(N)nc(C)nc21. The van der Waals surface area contributed by atoms with Crippen LogP contribution in [0.15, 0.2) is 0 Å². The van der Waals surface area contributed by atoms with Crippen LogP contribution in [-0.4, -0.2) is 27.0 Å². The predicted molar refractivity (Wildman–Crippen MR) is 74.8 cm³/mol. The van der Waals surface area contributed by atoms with E-state index in [1.165, 1.54) is 6.92 Å². The van der Waals surface area contributed by atoms with Crippen molar-refractivity contribution in [3.63, 3.8) is 0 Å². The van der Waals surface area contributed by atoms with Crippen molar-refractivity contribution in [2.75, 3.05) is 12.3 Å². The van der Waals surface area contributed by atoms with Crippen molar-refractivity contribution in [3.8, 4) is 0 Å². The first-order chi connectivity index (χ1) is 8.91. The molecule has 6 heteroatoms. The first kappa shape index (κ1) is 13.3. The van der Waals surface area contributed by atoms with Gasteiger partial charge in [0.1, 0.15) is 17.3 Å². The average Bonchev–Trinajstić information content (AvgIpc) is 2.53. The number of nitrogens with zero attached hydrogens (tertiary/aromatic N) is 3. The molecule has 2 rings (SSSR count). The number of anilines is 1. The Morgan fingerprint density at radius 2 is 2.00 bits per heavy atom. The molecule has 0 aliphatic rings. The van der Waals surface area contributed by atoms with Gasteiger partial charge >= 0.3 is 0 Å². The topological polar surface area (TPSA) is 85.8 Å². The molecule has 1 amide bonds. The maximum absolute atomic E-state index is 10.9. The second kappa shape index (κ2) is 4.87. The van der Waals surface area contributed by atoms with Crippen molar-refractivity contribution < 1.29 is 4.79 Å². The minimum Gasteiger partial charge on any atom is -0.383 e. The van der Waals surface area contributed by atoms with E-state index in [1.54, 1.807) is 0 Å². The fraction of sp³-hybridized carbons (Fsp3) is 0.462. The van der Waals surface area contributed by atoms with Crippen molar-refractivity contribution in [3.05, 3.63) is 17.1 Å². The lowest BCUT2D eigenvalue weighted by Crippen LogP contribution is -2.24. The van der Waals surface area contributed by atoms with Crippen LogP contribution in [-0.2, 0) is 11.3 Å². The number of rotatable bonds is 3. The number of hydrogen-bond acceptors (Lipinski definition) is 4. The summed E-state index contributed by atoms with van der Waals surface area (Å²) in [7, 11) is 0. The molecular formula is C13H19N5O. The van der Waals surface area contributed by atoms with Crippen LogP contribution in [0.1, 0.15) is 24.0 Å². The van der Waals surface area contributed by atoms with Crippen LogP contribution in [0.3, 0.4) is 0 Å². The minimum atomic E-state index is -0.0313. The molecule has 0 aliphatic carbocycles. The van der Waals surface area contributed by atoms with Crippen LogP contribution >= 0.6 is 0 Å². The van der Waals surface area contributed by atoms with E-state index in [-0.39, 0.29) is 5.91 Å². The summed E-state index contributed by atoms with van der Waals surface area (Å²) in [5.41, 5.74) is 9.02. The number of nitrogens with two attached hydrogens (primary N) is 1. The molecule has 0 bridgehead atoms. The summed E-state index contributed by atoms with van der Waals surface area (Å²) in [6.07, 6.45) is 0. The smallest absolute Gasteiger partial charge is 0.216 e. The number of carbonyl (C=O) groups is 1. The third-order valence-electron chi connectivity index (χ3n) is 3.32. The summed E-state index contributed by atoms with van der Waals surface area (Å²) >= 11 is 0. The summed E-state index contributed by atoms with van der Waals surface area (Å²) in [6, 6.07) is 0. The van der Waals surface area contributed by atoms with Gasteiger partial charge in [0.15, 0.2) is 0 Å². The monoisotopic (exact) mass is 261 g/mol. The normalized spacial score (nSPS) is 10.9. The van der Waals surface area contributed by atoms with E-state index in [2.05, 4.69) is 19.9 Å². The fourth-order valence-corrected chi connectivity index (χ4v) is 2.29. The van der Waals surface area contributed by atoms with E-state index in [0.717, 1.165) is 22.3 Å². The van der Waals surface area contributed by atoms with E-state index < -0.39 is 0 Å². The molecule has 102 valence electrons. The molecule has 0 fully saturated rings. The molecule has 2 heterocycles. The molecule has 19 heavy (non-hydrogen) atoms. The molecule has 3 N–H and O–H groups in total. The number of aryl methyl sites for hydroxylation is 2. The Morgan fingerprint density at radius 1 is 1.32 bits per heavy atom. The Kier molecular flexibility index (Phi) is 3.42. The molecule has 0 radical (unpaired) electrons. The van der Waals surface area contributed by atoms with Gasteiger partial charge in [-0.3, -0.25) is 4.79 Å².